The zero-order chi connectivity index (χ0) is 12.5. The molecule has 0 saturated heterocycles. The van der Waals surface area contributed by atoms with Gasteiger partial charge in [0.2, 0.25) is 5.95 Å². The lowest BCUT2D eigenvalue weighted by Gasteiger charge is -2.24. The molecule has 17 heavy (non-hydrogen) atoms. The summed E-state index contributed by atoms with van der Waals surface area (Å²) in [5.74, 6) is 0.533. The summed E-state index contributed by atoms with van der Waals surface area (Å²) in [5.41, 5.74) is 0.487. The number of aliphatic hydroxyl groups is 1. The van der Waals surface area contributed by atoms with Gasteiger partial charge in [-0.2, -0.15) is 4.98 Å². The van der Waals surface area contributed by atoms with Crippen LogP contribution in [0.3, 0.4) is 0 Å². The van der Waals surface area contributed by atoms with Crippen molar-refractivity contribution in [2.75, 3.05) is 11.9 Å². The zero-order valence-corrected chi connectivity index (χ0v) is 10.6. The highest BCUT2D eigenvalue weighted by Crippen LogP contribution is 2.16. The van der Waals surface area contributed by atoms with E-state index < -0.39 is 0 Å². The van der Waals surface area contributed by atoms with Gasteiger partial charge in [0.05, 0.1) is 5.02 Å². The number of hydrogen-bond acceptors (Lipinski definition) is 4. The Hall–Kier alpha value is -1.33. The molecule has 0 unspecified atom stereocenters. The van der Waals surface area contributed by atoms with E-state index in [4.69, 9.17) is 16.7 Å². The topological polar surface area (TPSA) is 62.5 Å². The summed E-state index contributed by atoms with van der Waals surface area (Å²) >= 11 is 5.87. The SMILES string of the molecule is CC(C)(CCO)Nc1nc2ccc(Cl)cn2n1. The van der Waals surface area contributed by atoms with Crippen molar-refractivity contribution < 1.29 is 5.11 Å². The second-order valence-electron chi connectivity index (χ2n) is 4.57. The smallest absolute Gasteiger partial charge is 0.243 e. The van der Waals surface area contributed by atoms with Crippen LogP contribution in [0.2, 0.25) is 5.02 Å². The van der Waals surface area contributed by atoms with Crippen LogP contribution in [-0.4, -0.2) is 31.9 Å². The summed E-state index contributed by atoms with van der Waals surface area (Å²) in [6, 6.07) is 3.58. The number of aromatic nitrogens is 3. The van der Waals surface area contributed by atoms with E-state index in [0.717, 1.165) is 5.65 Å². The highest BCUT2D eigenvalue weighted by molar-refractivity contribution is 6.30. The van der Waals surface area contributed by atoms with Gasteiger partial charge in [-0.05, 0) is 32.4 Å². The van der Waals surface area contributed by atoms with Crippen LogP contribution in [0.1, 0.15) is 20.3 Å². The number of halogens is 1. The second kappa shape index (κ2) is 4.50. The maximum atomic E-state index is 8.95. The van der Waals surface area contributed by atoms with E-state index in [-0.39, 0.29) is 12.1 Å². The second-order valence-corrected chi connectivity index (χ2v) is 5.00. The fourth-order valence-electron chi connectivity index (χ4n) is 1.56. The molecule has 0 aliphatic carbocycles. The van der Waals surface area contributed by atoms with Crippen LogP contribution < -0.4 is 5.32 Å². The molecular weight excluding hydrogens is 240 g/mol. The molecule has 0 aromatic carbocycles. The summed E-state index contributed by atoms with van der Waals surface area (Å²) in [6.45, 7) is 4.10. The van der Waals surface area contributed by atoms with Crippen LogP contribution in [0.25, 0.3) is 5.65 Å². The lowest BCUT2D eigenvalue weighted by molar-refractivity contribution is 0.260. The number of pyridine rings is 1. The first kappa shape index (κ1) is 12.1. The number of rotatable bonds is 4. The van der Waals surface area contributed by atoms with Crippen LogP contribution in [-0.2, 0) is 0 Å². The van der Waals surface area contributed by atoms with Gasteiger partial charge in [-0.3, -0.25) is 0 Å². The molecule has 0 atom stereocenters. The first-order valence-electron chi connectivity index (χ1n) is 5.41. The molecule has 2 aromatic heterocycles. The molecule has 2 aromatic rings. The van der Waals surface area contributed by atoms with Crippen molar-refractivity contribution in [3.05, 3.63) is 23.4 Å². The average molecular weight is 255 g/mol. The van der Waals surface area contributed by atoms with Crippen LogP contribution in [0.15, 0.2) is 18.3 Å². The van der Waals surface area contributed by atoms with E-state index in [0.29, 0.717) is 17.4 Å². The highest BCUT2D eigenvalue weighted by atomic mass is 35.5. The monoisotopic (exact) mass is 254 g/mol. The summed E-state index contributed by atoms with van der Waals surface area (Å²) in [7, 11) is 0. The van der Waals surface area contributed by atoms with Crippen LogP contribution in [0, 0.1) is 0 Å². The van der Waals surface area contributed by atoms with Crippen molar-refractivity contribution in [2.24, 2.45) is 0 Å². The number of hydrogen-bond donors (Lipinski definition) is 2. The van der Waals surface area contributed by atoms with Gasteiger partial charge in [0.1, 0.15) is 0 Å². The van der Waals surface area contributed by atoms with Crippen molar-refractivity contribution in [2.45, 2.75) is 25.8 Å². The van der Waals surface area contributed by atoms with Gasteiger partial charge in [-0.25, -0.2) is 4.52 Å². The van der Waals surface area contributed by atoms with Gasteiger partial charge in [0, 0.05) is 18.3 Å². The van der Waals surface area contributed by atoms with Gasteiger partial charge < -0.3 is 10.4 Å². The number of nitrogens with one attached hydrogen (secondary N) is 1. The van der Waals surface area contributed by atoms with E-state index in [2.05, 4.69) is 15.4 Å². The van der Waals surface area contributed by atoms with Gasteiger partial charge in [0.25, 0.3) is 0 Å². The third kappa shape index (κ3) is 2.87. The molecule has 2 heterocycles. The summed E-state index contributed by atoms with van der Waals surface area (Å²) in [4.78, 5) is 4.32. The van der Waals surface area contributed by atoms with Crippen molar-refractivity contribution >= 4 is 23.2 Å². The lowest BCUT2D eigenvalue weighted by atomic mass is 10.0. The Kier molecular flexibility index (Phi) is 3.22. The molecule has 6 heteroatoms. The predicted molar refractivity (Wildman–Crippen MR) is 67.4 cm³/mol. The Morgan fingerprint density at radius 3 is 2.94 bits per heavy atom. The molecule has 0 radical (unpaired) electrons. The number of anilines is 1. The van der Waals surface area contributed by atoms with E-state index in [1.165, 1.54) is 0 Å². The fraction of sp³-hybridized carbons (Fsp3) is 0.455. The zero-order valence-electron chi connectivity index (χ0n) is 9.81. The third-order valence-electron chi connectivity index (χ3n) is 2.48. The minimum absolute atomic E-state index is 0.124. The molecule has 0 aliphatic heterocycles. The Labute approximate surface area is 104 Å². The van der Waals surface area contributed by atoms with Crippen molar-refractivity contribution in [1.82, 2.24) is 14.6 Å². The summed E-state index contributed by atoms with van der Waals surface area (Å²) < 4.78 is 1.62. The predicted octanol–water partition coefficient (Wildman–Crippen LogP) is 1.96. The molecule has 2 N–H and O–H groups in total. The van der Waals surface area contributed by atoms with Crippen LogP contribution in [0.5, 0.6) is 0 Å². The van der Waals surface area contributed by atoms with Crippen molar-refractivity contribution in [3.63, 3.8) is 0 Å². The van der Waals surface area contributed by atoms with Crippen LogP contribution in [0.4, 0.5) is 5.95 Å². The van der Waals surface area contributed by atoms with Crippen molar-refractivity contribution in [1.29, 1.82) is 0 Å². The Morgan fingerprint density at radius 2 is 2.24 bits per heavy atom. The lowest BCUT2D eigenvalue weighted by Crippen LogP contribution is -2.32. The first-order chi connectivity index (χ1) is 8.00. The van der Waals surface area contributed by atoms with Gasteiger partial charge in [-0.1, -0.05) is 11.6 Å². The minimum atomic E-state index is -0.247. The van der Waals surface area contributed by atoms with Gasteiger partial charge >= 0.3 is 0 Å². The molecule has 5 nitrogen and oxygen atoms in total. The number of nitrogens with zero attached hydrogens (tertiary/aromatic N) is 3. The van der Waals surface area contributed by atoms with Crippen LogP contribution >= 0.6 is 11.6 Å². The molecule has 92 valence electrons. The standard InChI is InChI=1S/C11H15ClN4O/c1-11(2,5-6-17)14-10-13-9-4-3-8(12)7-16(9)15-10/h3-4,7,17H,5-6H2,1-2H3,(H,14,15). The largest absolute Gasteiger partial charge is 0.396 e. The minimum Gasteiger partial charge on any atom is -0.396 e. The number of aliphatic hydroxyl groups excluding tert-OH is 1. The summed E-state index contributed by atoms with van der Waals surface area (Å²) in [5, 5.41) is 17.0. The average Bonchev–Trinajstić information content (AvgIpc) is 2.57. The molecule has 0 bridgehead atoms. The van der Waals surface area contributed by atoms with Crippen molar-refractivity contribution in [3.8, 4) is 0 Å². The molecular formula is C11H15ClN4O. The highest BCUT2D eigenvalue weighted by Gasteiger charge is 2.18. The van der Waals surface area contributed by atoms with E-state index in [1.54, 1.807) is 22.8 Å². The molecule has 0 saturated carbocycles. The van der Waals surface area contributed by atoms with Gasteiger partial charge in [0.15, 0.2) is 5.65 Å². The maximum absolute atomic E-state index is 8.95. The van der Waals surface area contributed by atoms with E-state index >= 15 is 0 Å². The fourth-order valence-corrected chi connectivity index (χ4v) is 1.71. The molecule has 0 aliphatic rings. The quantitative estimate of drug-likeness (QED) is 0.876. The number of fused-ring (bicyclic) bond motifs is 1. The molecule has 0 fully saturated rings. The Morgan fingerprint density at radius 1 is 1.47 bits per heavy atom. The van der Waals surface area contributed by atoms with Gasteiger partial charge in [-0.15, -0.1) is 5.10 Å². The molecule has 0 amide bonds. The first-order valence-corrected chi connectivity index (χ1v) is 5.79. The normalized spacial score (nSPS) is 12.0. The Bertz CT molecular complexity index is 523. The molecule has 2 rings (SSSR count). The van der Waals surface area contributed by atoms with E-state index in [9.17, 15) is 0 Å². The Balaban J connectivity index is 2.25. The maximum Gasteiger partial charge on any atom is 0.243 e. The third-order valence-corrected chi connectivity index (χ3v) is 2.71. The van der Waals surface area contributed by atoms with E-state index in [1.807, 2.05) is 13.8 Å². The molecule has 0 spiro atoms. The summed E-state index contributed by atoms with van der Waals surface area (Å²) in [6.07, 6.45) is 2.33.